The molecule has 0 saturated heterocycles. The monoisotopic (exact) mass is 337 g/mol. The third kappa shape index (κ3) is 2.11. The van der Waals surface area contributed by atoms with E-state index in [0.29, 0.717) is 35.6 Å². The molecule has 0 bridgehead atoms. The lowest BCUT2D eigenvalue weighted by atomic mass is 10.2. The van der Waals surface area contributed by atoms with Gasteiger partial charge in [0.05, 0.1) is 23.7 Å². The molecule has 1 aromatic carbocycles. The Morgan fingerprint density at radius 2 is 2.20 bits per heavy atom. The zero-order valence-electron chi connectivity index (χ0n) is 10.5. The van der Waals surface area contributed by atoms with Crippen molar-refractivity contribution in [3.63, 3.8) is 0 Å². The van der Waals surface area contributed by atoms with E-state index in [9.17, 15) is 10.1 Å². The summed E-state index contributed by atoms with van der Waals surface area (Å²) in [7, 11) is 0. The first-order valence-electron chi connectivity index (χ1n) is 6.06. The summed E-state index contributed by atoms with van der Waals surface area (Å²) in [6.07, 6.45) is 0. The molecular weight excluding hydrogens is 326 g/mol. The third-order valence-corrected chi connectivity index (χ3v) is 3.94. The van der Waals surface area contributed by atoms with Crippen LogP contribution < -0.4 is 10.6 Å². The van der Waals surface area contributed by atoms with E-state index in [1.54, 1.807) is 12.1 Å². The molecule has 0 saturated carbocycles. The van der Waals surface area contributed by atoms with Crippen molar-refractivity contribution < 1.29 is 4.92 Å². The summed E-state index contributed by atoms with van der Waals surface area (Å²) in [6.45, 7) is 1.86. The standard InChI is InChI=1S/C12H12BrN5O2/c13-9-2-1-3-10(18(19)20)12(9)16-4-5-17-8(7-16)6-11(14)15-17/h1-3,6H,4-5,7H2,(H2,14,15). The molecular formula is C12H12BrN5O2. The zero-order chi connectivity index (χ0) is 14.3. The molecule has 1 aliphatic heterocycles. The molecule has 0 amide bonds. The van der Waals surface area contributed by atoms with Gasteiger partial charge in [-0.3, -0.25) is 14.8 Å². The van der Waals surface area contributed by atoms with E-state index >= 15 is 0 Å². The molecule has 2 aromatic rings. The second-order valence-electron chi connectivity index (χ2n) is 4.57. The number of nitrogen functional groups attached to an aromatic ring is 1. The fourth-order valence-electron chi connectivity index (χ4n) is 2.44. The van der Waals surface area contributed by atoms with Crippen molar-refractivity contribution in [3.05, 3.63) is 44.5 Å². The van der Waals surface area contributed by atoms with Gasteiger partial charge in [0.25, 0.3) is 5.69 Å². The maximum Gasteiger partial charge on any atom is 0.293 e. The first-order chi connectivity index (χ1) is 9.56. The van der Waals surface area contributed by atoms with Crippen LogP contribution in [-0.2, 0) is 13.1 Å². The van der Waals surface area contributed by atoms with Gasteiger partial charge in [0.15, 0.2) is 0 Å². The quantitative estimate of drug-likeness (QED) is 0.669. The Balaban J connectivity index is 2.01. The van der Waals surface area contributed by atoms with Crippen LogP contribution in [0.25, 0.3) is 0 Å². The van der Waals surface area contributed by atoms with Crippen molar-refractivity contribution in [1.29, 1.82) is 0 Å². The summed E-state index contributed by atoms with van der Waals surface area (Å²) in [6, 6.07) is 6.79. The molecule has 0 aliphatic carbocycles. The Hall–Kier alpha value is -2.09. The Morgan fingerprint density at radius 3 is 2.95 bits per heavy atom. The van der Waals surface area contributed by atoms with Crippen LogP contribution in [0.3, 0.4) is 0 Å². The van der Waals surface area contributed by atoms with E-state index in [1.807, 2.05) is 15.6 Å². The zero-order valence-corrected chi connectivity index (χ0v) is 12.1. The highest BCUT2D eigenvalue weighted by Crippen LogP contribution is 2.37. The smallest absolute Gasteiger partial charge is 0.293 e. The van der Waals surface area contributed by atoms with Crippen molar-refractivity contribution in [2.75, 3.05) is 17.2 Å². The van der Waals surface area contributed by atoms with Crippen LogP contribution in [0.1, 0.15) is 5.69 Å². The van der Waals surface area contributed by atoms with Gasteiger partial charge < -0.3 is 10.6 Å². The maximum absolute atomic E-state index is 11.2. The minimum Gasteiger partial charge on any atom is -0.382 e. The molecule has 0 fully saturated rings. The molecule has 20 heavy (non-hydrogen) atoms. The van der Waals surface area contributed by atoms with Crippen LogP contribution in [0.15, 0.2) is 28.7 Å². The molecule has 2 N–H and O–H groups in total. The van der Waals surface area contributed by atoms with Crippen LogP contribution in [0.4, 0.5) is 17.2 Å². The van der Waals surface area contributed by atoms with Gasteiger partial charge in [-0.25, -0.2) is 0 Å². The van der Waals surface area contributed by atoms with Crippen LogP contribution >= 0.6 is 15.9 Å². The number of benzene rings is 1. The normalized spacial score (nSPS) is 14.2. The Kier molecular flexibility index (Phi) is 3.09. The fourth-order valence-corrected chi connectivity index (χ4v) is 3.05. The highest BCUT2D eigenvalue weighted by Gasteiger charge is 2.26. The lowest BCUT2D eigenvalue weighted by Crippen LogP contribution is -2.34. The molecule has 7 nitrogen and oxygen atoms in total. The molecule has 1 aliphatic rings. The SMILES string of the molecule is Nc1cc2n(n1)CCN(c1c(Br)cccc1[N+](=O)[O-])C2. The summed E-state index contributed by atoms with van der Waals surface area (Å²) < 4.78 is 2.56. The highest BCUT2D eigenvalue weighted by molar-refractivity contribution is 9.10. The number of fused-ring (bicyclic) bond motifs is 1. The van der Waals surface area contributed by atoms with Crippen LogP contribution in [0.5, 0.6) is 0 Å². The third-order valence-electron chi connectivity index (χ3n) is 3.30. The molecule has 8 heteroatoms. The number of nitro groups is 1. The van der Waals surface area contributed by atoms with Gasteiger partial charge in [0, 0.05) is 23.2 Å². The lowest BCUT2D eigenvalue weighted by Gasteiger charge is -2.29. The number of rotatable bonds is 2. The number of para-hydroxylation sites is 1. The predicted molar refractivity (Wildman–Crippen MR) is 78.5 cm³/mol. The van der Waals surface area contributed by atoms with E-state index in [0.717, 1.165) is 5.69 Å². The second kappa shape index (κ2) is 4.78. The predicted octanol–water partition coefficient (Wildman–Crippen LogP) is 2.16. The average molecular weight is 338 g/mol. The van der Waals surface area contributed by atoms with Gasteiger partial charge in [-0.1, -0.05) is 6.07 Å². The molecule has 3 rings (SSSR count). The summed E-state index contributed by atoms with van der Waals surface area (Å²) in [4.78, 5) is 12.8. The number of nitro benzene ring substituents is 1. The average Bonchev–Trinajstić information content (AvgIpc) is 2.77. The maximum atomic E-state index is 11.2. The van der Waals surface area contributed by atoms with Gasteiger partial charge in [0.1, 0.15) is 11.5 Å². The topological polar surface area (TPSA) is 90.2 Å². The van der Waals surface area contributed by atoms with Gasteiger partial charge in [-0.05, 0) is 22.0 Å². The largest absolute Gasteiger partial charge is 0.382 e. The van der Waals surface area contributed by atoms with E-state index < -0.39 is 0 Å². The first kappa shape index (κ1) is 12.9. The summed E-state index contributed by atoms with van der Waals surface area (Å²) in [5.74, 6) is 0.475. The Labute approximate surface area is 123 Å². The van der Waals surface area contributed by atoms with Crippen LogP contribution in [0.2, 0.25) is 0 Å². The first-order valence-corrected chi connectivity index (χ1v) is 6.85. The Morgan fingerprint density at radius 1 is 1.40 bits per heavy atom. The molecule has 1 aromatic heterocycles. The number of anilines is 2. The van der Waals surface area contributed by atoms with Crippen LogP contribution in [-0.4, -0.2) is 21.2 Å². The van der Waals surface area contributed by atoms with Gasteiger partial charge >= 0.3 is 0 Å². The second-order valence-corrected chi connectivity index (χ2v) is 5.42. The number of aromatic nitrogens is 2. The molecule has 0 atom stereocenters. The summed E-state index contributed by atoms with van der Waals surface area (Å²) >= 11 is 3.40. The molecule has 0 spiro atoms. The highest BCUT2D eigenvalue weighted by atomic mass is 79.9. The van der Waals surface area contributed by atoms with Crippen molar-refractivity contribution in [2.24, 2.45) is 0 Å². The van der Waals surface area contributed by atoms with Gasteiger partial charge in [-0.15, -0.1) is 0 Å². The molecule has 0 radical (unpaired) electrons. The van der Waals surface area contributed by atoms with Gasteiger partial charge in [-0.2, -0.15) is 5.10 Å². The number of hydrogen-bond acceptors (Lipinski definition) is 5. The number of nitrogens with zero attached hydrogens (tertiary/aromatic N) is 4. The van der Waals surface area contributed by atoms with Crippen molar-refractivity contribution in [3.8, 4) is 0 Å². The van der Waals surface area contributed by atoms with E-state index in [-0.39, 0.29) is 10.6 Å². The summed E-state index contributed by atoms with van der Waals surface area (Å²) in [5.41, 5.74) is 7.34. The number of nitrogens with two attached hydrogens (primary N) is 1. The van der Waals surface area contributed by atoms with E-state index in [4.69, 9.17) is 5.73 Å². The van der Waals surface area contributed by atoms with Crippen LogP contribution in [0, 0.1) is 10.1 Å². The minimum atomic E-state index is -0.361. The lowest BCUT2D eigenvalue weighted by molar-refractivity contribution is -0.384. The minimum absolute atomic E-state index is 0.0975. The Bertz CT molecular complexity index is 684. The van der Waals surface area contributed by atoms with Gasteiger partial charge in [0.2, 0.25) is 0 Å². The van der Waals surface area contributed by atoms with Crippen molar-refractivity contribution in [1.82, 2.24) is 9.78 Å². The molecule has 104 valence electrons. The fraction of sp³-hybridized carbons (Fsp3) is 0.250. The van der Waals surface area contributed by atoms with E-state index in [2.05, 4.69) is 21.0 Å². The van der Waals surface area contributed by atoms with Crippen molar-refractivity contribution >= 4 is 33.1 Å². The summed E-state index contributed by atoms with van der Waals surface area (Å²) in [5, 5.41) is 15.4. The van der Waals surface area contributed by atoms with Crippen molar-refractivity contribution in [2.45, 2.75) is 13.1 Å². The molecule has 2 heterocycles. The molecule has 0 unspecified atom stereocenters. The number of halogens is 1. The number of hydrogen-bond donors (Lipinski definition) is 1. The van der Waals surface area contributed by atoms with E-state index in [1.165, 1.54) is 6.07 Å².